The van der Waals surface area contributed by atoms with Crippen molar-refractivity contribution in [1.82, 2.24) is 9.80 Å². The van der Waals surface area contributed by atoms with Gasteiger partial charge in [-0.25, -0.2) is 13.2 Å². The Hall–Kier alpha value is -2.38. The lowest BCUT2D eigenvalue weighted by Crippen LogP contribution is -2.47. The van der Waals surface area contributed by atoms with Crippen molar-refractivity contribution >= 4 is 5.91 Å². The standard InChI is InChI=1S/C20H21F3N2O2/c1-24(2)19(18-15(22)7-4-8-16(18)23)20(26)25-9-10-27-17(12-25)13-5-3-6-14(21)11-13/h3-8,11,17,19H,9-10,12H2,1-2H3/t17-,19-/m1/s1. The normalized spacial score (nSPS) is 18.6. The quantitative estimate of drug-likeness (QED) is 0.818. The van der Waals surface area contributed by atoms with Gasteiger partial charge in [-0.3, -0.25) is 9.69 Å². The predicted octanol–water partition coefficient (Wildman–Crippen LogP) is 3.31. The van der Waals surface area contributed by atoms with Gasteiger partial charge in [0.05, 0.1) is 18.7 Å². The van der Waals surface area contributed by atoms with E-state index in [9.17, 15) is 18.0 Å². The summed E-state index contributed by atoms with van der Waals surface area (Å²) in [5.41, 5.74) is 0.340. The Morgan fingerprint density at radius 1 is 1.15 bits per heavy atom. The maximum absolute atomic E-state index is 14.3. The summed E-state index contributed by atoms with van der Waals surface area (Å²) in [6.45, 7) is 0.737. The highest BCUT2D eigenvalue weighted by molar-refractivity contribution is 5.83. The van der Waals surface area contributed by atoms with E-state index in [0.717, 1.165) is 12.1 Å². The third-order valence-corrected chi connectivity index (χ3v) is 4.62. The number of benzene rings is 2. The predicted molar refractivity (Wildman–Crippen MR) is 94.5 cm³/mol. The van der Waals surface area contributed by atoms with Gasteiger partial charge in [-0.1, -0.05) is 18.2 Å². The van der Waals surface area contributed by atoms with Gasteiger partial charge in [0.15, 0.2) is 0 Å². The molecule has 1 amide bonds. The summed E-state index contributed by atoms with van der Waals surface area (Å²) in [5, 5.41) is 0. The van der Waals surface area contributed by atoms with Crippen LogP contribution < -0.4 is 0 Å². The van der Waals surface area contributed by atoms with Crippen molar-refractivity contribution in [3.05, 3.63) is 71.0 Å². The Bertz CT molecular complexity index is 808. The molecule has 0 radical (unpaired) electrons. The Kier molecular flexibility index (Phi) is 5.82. The summed E-state index contributed by atoms with van der Waals surface area (Å²) in [6, 6.07) is 8.43. The Morgan fingerprint density at radius 2 is 1.81 bits per heavy atom. The van der Waals surface area contributed by atoms with E-state index in [1.165, 1.54) is 28.0 Å². The van der Waals surface area contributed by atoms with Crippen LogP contribution in [0.3, 0.4) is 0 Å². The molecule has 27 heavy (non-hydrogen) atoms. The third kappa shape index (κ3) is 4.14. The fourth-order valence-corrected chi connectivity index (χ4v) is 3.31. The minimum atomic E-state index is -1.10. The van der Waals surface area contributed by atoms with E-state index in [4.69, 9.17) is 4.74 Å². The second-order valence-electron chi connectivity index (χ2n) is 6.70. The van der Waals surface area contributed by atoms with Crippen molar-refractivity contribution in [2.75, 3.05) is 33.8 Å². The molecule has 0 spiro atoms. The number of ether oxygens (including phenoxy) is 1. The molecular weight excluding hydrogens is 357 g/mol. The van der Waals surface area contributed by atoms with Crippen LogP contribution in [0.15, 0.2) is 42.5 Å². The minimum Gasteiger partial charge on any atom is -0.370 e. The van der Waals surface area contributed by atoms with Crippen molar-refractivity contribution in [2.24, 2.45) is 0 Å². The van der Waals surface area contributed by atoms with Gasteiger partial charge >= 0.3 is 0 Å². The Balaban J connectivity index is 1.86. The number of nitrogens with zero attached hydrogens (tertiary/aromatic N) is 2. The van der Waals surface area contributed by atoms with Crippen LogP contribution in [0, 0.1) is 17.5 Å². The molecule has 0 N–H and O–H groups in total. The van der Waals surface area contributed by atoms with Crippen LogP contribution in [0.25, 0.3) is 0 Å². The van der Waals surface area contributed by atoms with E-state index in [1.54, 1.807) is 26.2 Å². The number of likely N-dealkylation sites (N-methyl/N-ethyl adjacent to an activating group) is 1. The largest absolute Gasteiger partial charge is 0.370 e. The molecule has 2 atom stereocenters. The van der Waals surface area contributed by atoms with Crippen molar-refractivity contribution in [2.45, 2.75) is 12.1 Å². The first-order valence-corrected chi connectivity index (χ1v) is 8.64. The highest BCUT2D eigenvalue weighted by atomic mass is 19.1. The van der Waals surface area contributed by atoms with E-state index in [2.05, 4.69) is 0 Å². The molecule has 1 saturated heterocycles. The van der Waals surface area contributed by atoms with Crippen molar-refractivity contribution < 1.29 is 22.7 Å². The monoisotopic (exact) mass is 378 g/mol. The lowest BCUT2D eigenvalue weighted by atomic mass is 10.0. The van der Waals surface area contributed by atoms with Crippen LogP contribution in [-0.2, 0) is 9.53 Å². The first-order chi connectivity index (χ1) is 12.9. The average molecular weight is 378 g/mol. The topological polar surface area (TPSA) is 32.8 Å². The Labute approximate surface area is 156 Å². The Morgan fingerprint density at radius 3 is 2.44 bits per heavy atom. The maximum Gasteiger partial charge on any atom is 0.244 e. The van der Waals surface area contributed by atoms with E-state index in [1.807, 2.05) is 0 Å². The summed E-state index contributed by atoms with van der Waals surface area (Å²) in [4.78, 5) is 16.1. The average Bonchev–Trinajstić information content (AvgIpc) is 2.64. The zero-order chi connectivity index (χ0) is 19.6. The van der Waals surface area contributed by atoms with Crippen LogP contribution >= 0.6 is 0 Å². The van der Waals surface area contributed by atoms with E-state index < -0.39 is 29.7 Å². The lowest BCUT2D eigenvalue weighted by Gasteiger charge is -2.37. The van der Waals surface area contributed by atoms with Gasteiger partial charge in [0.2, 0.25) is 5.91 Å². The molecule has 2 aromatic carbocycles. The number of rotatable bonds is 4. The molecule has 3 rings (SSSR count). The molecule has 0 aromatic heterocycles. The van der Waals surface area contributed by atoms with Gasteiger partial charge in [-0.2, -0.15) is 0 Å². The highest BCUT2D eigenvalue weighted by Gasteiger charge is 2.35. The molecule has 1 fully saturated rings. The fraction of sp³-hybridized carbons (Fsp3) is 0.350. The van der Waals surface area contributed by atoms with Crippen LogP contribution in [0.4, 0.5) is 13.2 Å². The molecule has 1 aliphatic rings. The van der Waals surface area contributed by atoms with Crippen molar-refractivity contribution in [1.29, 1.82) is 0 Å². The molecule has 4 nitrogen and oxygen atoms in total. The maximum atomic E-state index is 14.3. The summed E-state index contributed by atoms with van der Waals surface area (Å²) in [5.74, 6) is -2.35. The summed E-state index contributed by atoms with van der Waals surface area (Å²) >= 11 is 0. The SMILES string of the molecule is CN(C)[C@@H](C(=O)N1CCO[C@@H](c2cccc(F)c2)C1)c1c(F)cccc1F. The smallest absolute Gasteiger partial charge is 0.244 e. The van der Waals surface area contributed by atoms with Gasteiger partial charge in [0.1, 0.15) is 29.6 Å². The lowest BCUT2D eigenvalue weighted by molar-refractivity contribution is -0.144. The van der Waals surface area contributed by atoms with E-state index in [-0.39, 0.29) is 24.5 Å². The van der Waals surface area contributed by atoms with Gasteiger partial charge in [-0.05, 0) is 43.9 Å². The van der Waals surface area contributed by atoms with Crippen molar-refractivity contribution in [3.63, 3.8) is 0 Å². The third-order valence-electron chi connectivity index (χ3n) is 4.62. The summed E-state index contributed by atoms with van der Waals surface area (Å²) < 4.78 is 47.7. The van der Waals surface area contributed by atoms with Crippen LogP contribution in [-0.4, -0.2) is 49.5 Å². The molecule has 1 heterocycles. The molecule has 144 valence electrons. The molecule has 0 bridgehead atoms. The number of hydrogen-bond donors (Lipinski definition) is 0. The van der Waals surface area contributed by atoms with E-state index >= 15 is 0 Å². The number of carbonyl (C=O) groups excluding carboxylic acids is 1. The van der Waals surface area contributed by atoms with Crippen LogP contribution in [0.2, 0.25) is 0 Å². The zero-order valence-electron chi connectivity index (χ0n) is 15.2. The highest BCUT2D eigenvalue weighted by Crippen LogP contribution is 2.29. The number of carbonyl (C=O) groups is 1. The molecule has 1 aliphatic heterocycles. The number of morpholine rings is 1. The molecule has 0 saturated carbocycles. The minimum absolute atomic E-state index is 0.183. The first-order valence-electron chi connectivity index (χ1n) is 8.64. The second-order valence-corrected chi connectivity index (χ2v) is 6.70. The van der Waals surface area contributed by atoms with Gasteiger partial charge < -0.3 is 9.64 Å². The number of hydrogen-bond acceptors (Lipinski definition) is 3. The second kappa shape index (κ2) is 8.10. The number of amides is 1. The molecule has 0 unspecified atom stereocenters. The van der Waals surface area contributed by atoms with E-state index in [0.29, 0.717) is 12.1 Å². The molecule has 7 heteroatoms. The number of halogens is 3. The summed E-state index contributed by atoms with van der Waals surface area (Å²) in [7, 11) is 3.19. The summed E-state index contributed by atoms with van der Waals surface area (Å²) in [6.07, 6.45) is -0.494. The van der Waals surface area contributed by atoms with Gasteiger partial charge in [-0.15, -0.1) is 0 Å². The van der Waals surface area contributed by atoms with Crippen LogP contribution in [0.1, 0.15) is 23.3 Å². The fourth-order valence-electron chi connectivity index (χ4n) is 3.31. The molecular formula is C20H21F3N2O2. The van der Waals surface area contributed by atoms with Crippen molar-refractivity contribution in [3.8, 4) is 0 Å². The van der Waals surface area contributed by atoms with Gasteiger partial charge in [0, 0.05) is 6.54 Å². The van der Waals surface area contributed by atoms with Crippen LogP contribution in [0.5, 0.6) is 0 Å². The van der Waals surface area contributed by atoms with Gasteiger partial charge in [0.25, 0.3) is 0 Å². The molecule has 2 aromatic rings. The zero-order valence-corrected chi connectivity index (χ0v) is 15.2. The molecule has 0 aliphatic carbocycles. The first kappa shape index (κ1) is 19.4.